The van der Waals surface area contributed by atoms with E-state index in [0.29, 0.717) is 11.0 Å². The Morgan fingerprint density at radius 2 is 1.68 bits per heavy atom. The summed E-state index contributed by atoms with van der Waals surface area (Å²) in [4.78, 5) is 2.08. The van der Waals surface area contributed by atoms with Crippen molar-refractivity contribution in [2.75, 3.05) is 38.0 Å². The lowest BCUT2D eigenvalue weighted by atomic mass is 10.2. The molecule has 0 bridgehead atoms. The van der Waals surface area contributed by atoms with E-state index in [1.165, 1.54) is 0 Å². The molecule has 0 aliphatic carbocycles. The van der Waals surface area contributed by atoms with Crippen LogP contribution >= 0.6 is 0 Å². The van der Waals surface area contributed by atoms with Crippen LogP contribution in [0.4, 0.5) is 28.9 Å². The minimum Gasteiger partial charge on any atom is -0.755 e. The fourth-order valence-electron chi connectivity index (χ4n) is 2.30. The maximum atomic E-state index is 14.1. The van der Waals surface area contributed by atoms with Crippen LogP contribution < -0.4 is 4.31 Å². The minimum absolute atomic E-state index is 0.141. The van der Waals surface area contributed by atoms with Gasteiger partial charge in [0.05, 0.1) is 33.7 Å². The summed E-state index contributed by atoms with van der Waals surface area (Å²) in [6.07, 6.45) is 0.778. The molecule has 1 atom stereocenters. The zero-order valence-electron chi connectivity index (χ0n) is 13.8. The van der Waals surface area contributed by atoms with E-state index in [1.807, 2.05) is 6.92 Å². The van der Waals surface area contributed by atoms with Crippen molar-refractivity contribution >= 4 is 22.6 Å². The van der Waals surface area contributed by atoms with E-state index in [-0.39, 0.29) is 10.8 Å². The molecule has 1 aromatic rings. The van der Waals surface area contributed by atoms with E-state index in [0.717, 1.165) is 6.42 Å². The molecule has 0 radical (unpaired) electrons. The number of likely N-dealkylation sites (N-methyl/N-ethyl adjacent to an activating group) is 1. The lowest BCUT2D eigenvalue weighted by Gasteiger charge is -2.34. The predicted molar refractivity (Wildman–Crippen MR) is 83.5 cm³/mol. The third-order valence-electron chi connectivity index (χ3n) is 3.53. The Bertz CT molecular complexity index is 696. The quantitative estimate of drug-likeness (QED) is 0.131. The molecular weight excluding hydrogens is 366 g/mol. The molecule has 12 heteroatoms. The van der Waals surface area contributed by atoms with Crippen LogP contribution in [0.25, 0.3) is 10.4 Å². The zero-order valence-corrected chi connectivity index (χ0v) is 14.6. The van der Waals surface area contributed by atoms with Crippen molar-refractivity contribution in [3.63, 3.8) is 0 Å². The summed E-state index contributed by atoms with van der Waals surface area (Å²) in [6, 6.07) is 0. The maximum absolute atomic E-state index is 14.1. The van der Waals surface area contributed by atoms with Crippen molar-refractivity contribution in [1.29, 1.82) is 0 Å². The summed E-state index contributed by atoms with van der Waals surface area (Å²) in [7, 11) is 3.54. The molecule has 25 heavy (non-hydrogen) atoms. The van der Waals surface area contributed by atoms with E-state index in [2.05, 4.69) is 10.0 Å². The fraction of sp³-hybridized carbons (Fsp3) is 0.538. The van der Waals surface area contributed by atoms with Crippen molar-refractivity contribution in [3.8, 4) is 0 Å². The molecule has 1 unspecified atom stereocenters. The van der Waals surface area contributed by atoms with E-state index >= 15 is 0 Å². The number of hydrogen-bond acceptors (Lipinski definition) is 3. The standard InChI is InChI=1S/C13H17F4N5O2S/c1-4-6-22(2,3)7-5-21(25(23)24)13-10(16)8(14)12(19-20-18)9(15)11(13)17/h4-7H2,1-3H3. The number of halogens is 4. The molecular formula is C13H17F4N5O2S. The summed E-state index contributed by atoms with van der Waals surface area (Å²) >= 11 is -3.18. The number of nitrogens with zero attached hydrogens (tertiary/aromatic N) is 5. The Morgan fingerprint density at radius 1 is 1.16 bits per heavy atom. The molecule has 0 aromatic heterocycles. The third-order valence-corrected chi connectivity index (χ3v) is 4.25. The Balaban J connectivity index is 3.39. The molecule has 1 aromatic carbocycles. The molecule has 0 spiro atoms. The molecule has 140 valence electrons. The van der Waals surface area contributed by atoms with Crippen LogP contribution in [0.15, 0.2) is 5.11 Å². The fourth-order valence-corrected chi connectivity index (χ4v) is 2.84. The zero-order chi connectivity index (χ0) is 19.4. The second-order valence-corrected chi connectivity index (χ2v) is 6.72. The van der Waals surface area contributed by atoms with Crippen molar-refractivity contribution in [2.45, 2.75) is 13.3 Å². The normalized spacial score (nSPS) is 12.6. The molecule has 0 heterocycles. The second kappa shape index (κ2) is 8.48. The van der Waals surface area contributed by atoms with E-state index in [9.17, 15) is 26.3 Å². The van der Waals surface area contributed by atoms with Crippen molar-refractivity contribution in [3.05, 3.63) is 33.7 Å². The monoisotopic (exact) mass is 383 g/mol. The summed E-state index contributed by atoms with van der Waals surface area (Å²) in [5, 5.41) is 2.56. The topological polar surface area (TPSA) is 92.1 Å². The van der Waals surface area contributed by atoms with Crippen LogP contribution in [0.3, 0.4) is 0 Å². The number of azide groups is 1. The SMILES string of the molecule is CCC[N+](C)(C)CCN(c1c(F)c(F)c(N=[N+]=[N-])c(F)c1F)S(=O)[O-]. The summed E-state index contributed by atoms with van der Waals surface area (Å²) < 4.78 is 79.2. The van der Waals surface area contributed by atoms with Gasteiger partial charge in [0.25, 0.3) is 0 Å². The van der Waals surface area contributed by atoms with Crippen molar-refractivity contribution in [1.82, 2.24) is 0 Å². The van der Waals surface area contributed by atoms with Crippen LogP contribution in [0.5, 0.6) is 0 Å². The first-order chi connectivity index (χ1) is 11.6. The summed E-state index contributed by atoms with van der Waals surface area (Å²) in [5.74, 6) is -7.84. The molecule has 0 aliphatic heterocycles. The van der Waals surface area contributed by atoms with Crippen LogP contribution in [0.1, 0.15) is 13.3 Å². The van der Waals surface area contributed by atoms with Gasteiger partial charge in [0.1, 0.15) is 11.4 Å². The minimum atomic E-state index is -3.18. The molecule has 0 aliphatic rings. The molecule has 0 fully saturated rings. The second-order valence-electron chi connectivity index (χ2n) is 5.84. The van der Waals surface area contributed by atoms with Gasteiger partial charge in [0.2, 0.25) is 0 Å². The number of hydrogen-bond donors (Lipinski definition) is 0. The van der Waals surface area contributed by atoms with Crippen LogP contribution in [0, 0.1) is 23.3 Å². The van der Waals surface area contributed by atoms with Crippen LogP contribution in [0.2, 0.25) is 0 Å². The van der Waals surface area contributed by atoms with Gasteiger partial charge < -0.3 is 9.04 Å². The Hall–Kier alpha value is -1.88. The smallest absolute Gasteiger partial charge is 0.186 e. The summed E-state index contributed by atoms with van der Waals surface area (Å²) in [5.41, 5.74) is 5.32. The van der Waals surface area contributed by atoms with Gasteiger partial charge in [-0.2, -0.15) is 0 Å². The van der Waals surface area contributed by atoms with Crippen LogP contribution in [-0.2, 0) is 11.3 Å². The molecule has 7 nitrogen and oxygen atoms in total. The van der Waals surface area contributed by atoms with Gasteiger partial charge in [-0.15, -0.1) is 0 Å². The lowest BCUT2D eigenvalue weighted by molar-refractivity contribution is -0.888. The van der Waals surface area contributed by atoms with Crippen molar-refractivity contribution in [2.24, 2.45) is 5.11 Å². The average molecular weight is 383 g/mol. The highest BCUT2D eigenvalue weighted by atomic mass is 32.2. The Labute approximate surface area is 144 Å². The predicted octanol–water partition coefficient (Wildman–Crippen LogP) is 3.27. The van der Waals surface area contributed by atoms with Gasteiger partial charge in [-0.1, -0.05) is 12.0 Å². The highest BCUT2D eigenvalue weighted by Gasteiger charge is 2.30. The van der Waals surface area contributed by atoms with E-state index in [4.69, 9.17) is 5.53 Å². The number of anilines is 1. The molecule has 0 N–H and O–H groups in total. The van der Waals surface area contributed by atoms with Crippen molar-refractivity contribution < 1.29 is 30.8 Å². The number of rotatable bonds is 8. The third kappa shape index (κ3) is 4.82. The van der Waals surface area contributed by atoms with Gasteiger partial charge >= 0.3 is 0 Å². The van der Waals surface area contributed by atoms with Gasteiger partial charge in [-0.25, -0.2) is 17.6 Å². The maximum Gasteiger partial charge on any atom is 0.186 e. The lowest BCUT2D eigenvalue weighted by Crippen LogP contribution is -2.46. The largest absolute Gasteiger partial charge is 0.755 e. The van der Waals surface area contributed by atoms with Crippen LogP contribution in [-0.4, -0.2) is 47.0 Å². The highest BCUT2D eigenvalue weighted by Crippen LogP contribution is 2.35. The summed E-state index contributed by atoms with van der Waals surface area (Å²) in [6.45, 7) is 2.30. The number of benzene rings is 1. The molecule has 0 saturated heterocycles. The van der Waals surface area contributed by atoms with Gasteiger partial charge in [-0.3, -0.25) is 8.51 Å². The van der Waals surface area contributed by atoms with Gasteiger partial charge in [0.15, 0.2) is 23.3 Å². The average Bonchev–Trinajstić information content (AvgIpc) is 2.52. The van der Waals surface area contributed by atoms with Gasteiger partial charge in [-0.05, 0) is 12.0 Å². The Kier molecular flexibility index (Phi) is 7.17. The van der Waals surface area contributed by atoms with Gasteiger partial charge in [0, 0.05) is 16.2 Å². The Morgan fingerprint density at radius 3 is 2.08 bits per heavy atom. The highest BCUT2D eigenvalue weighted by molar-refractivity contribution is 7.80. The first-order valence-corrected chi connectivity index (χ1v) is 8.20. The van der Waals surface area contributed by atoms with E-state index < -0.39 is 52.5 Å². The molecule has 0 amide bonds. The molecule has 1 rings (SSSR count). The van der Waals surface area contributed by atoms with E-state index in [1.54, 1.807) is 14.1 Å². The molecule has 0 saturated carbocycles. The number of quaternary nitrogens is 1. The first-order valence-electron chi connectivity index (χ1n) is 7.17. The first kappa shape index (κ1) is 21.2.